The number of carboxylic acids is 1. The summed E-state index contributed by atoms with van der Waals surface area (Å²) in [6.07, 6.45) is 2.92. The van der Waals surface area contributed by atoms with Crippen molar-refractivity contribution in [1.29, 1.82) is 0 Å². The summed E-state index contributed by atoms with van der Waals surface area (Å²) in [5, 5.41) is 8.36. The molecule has 0 aliphatic carbocycles. The average Bonchev–Trinajstić information content (AvgIpc) is 2.91. The van der Waals surface area contributed by atoms with Crippen molar-refractivity contribution in [1.82, 2.24) is 9.62 Å². The molecule has 1 aliphatic heterocycles. The van der Waals surface area contributed by atoms with Crippen molar-refractivity contribution in [2.24, 2.45) is 5.92 Å². The highest BCUT2D eigenvalue weighted by Crippen LogP contribution is 2.19. The van der Waals surface area contributed by atoms with Crippen LogP contribution in [0.1, 0.15) is 29.8 Å². The van der Waals surface area contributed by atoms with Crippen molar-refractivity contribution in [3.05, 3.63) is 17.9 Å². The molecule has 0 spiro atoms. The van der Waals surface area contributed by atoms with Gasteiger partial charge in [0.25, 0.3) is 10.0 Å². The maximum absolute atomic E-state index is 12.0. The van der Waals surface area contributed by atoms with Crippen LogP contribution in [0.25, 0.3) is 0 Å². The van der Waals surface area contributed by atoms with Gasteiger partial charge in [-0.25, -0.2) is 17.9 Å². The number of nitrogens with one attached hydrogen (secondary N) is 1. The van der Waals surface area contributed by atoms with Gasteiger partial charge in [-0.05, 0) is 57.5 Å². The van der Waals surface area contributed by atoms with Gasteiger partial charge in [-0.1, -0.05) is 0 Å². The molecule has 1 fully saturated rings. The van der Waals surface area contributed by atoms with Crippen LogP contribution < -0.4 is 4.72 Å². The number of nitrogens with zero attached hydrogens (tertiary/aromatic N) is 1. The minimum absolute atomic E-state index is 0.333. The van der Waals surface area contributed by atoms with E-state index in [-0.39, 0.29) is 10.9 Å². The molecule has 21 heavy (non-hydrogen) atoms. The predicted molar refractivity (Wildman–Crippen MR) is 75.7 cm³/mol. The Balaban J connectivity index is 1.85. The van der Waals surface area contributed by atoms with E-state index in [9.17, 15) is 13.2 Å². The molecular formula is C13H20N2O5S. The van der Waals surface area contributed by atoms with Crippen LogP contribution in [-0.4, -0.2) is 51.1 Å². The molecule has 0 bridgehead atoms. The maximum atomic E-state index is 12.0. The Morgan fingerprint density at radius 2 is 2.10 bits per heavy atom. The number of likely N-dealkylation sites (tertiary alicyclic amines) is 1. The van der Waals surface area contributed by atoms with Crippen molar-refractivity contribution < 1.29 is 22.7 Å². The summed E-state index contributed by atoms with van der Waals surface area (Å²) in [5.74, 6) is -1.15. The fourth-order valence-corrected chi connectivity index (χ4v) is 3.37. The van der Waals surface area contributed by atoms with E-state index < -0.39 is 16.0 Å². The lowest BCUT2D eigenvalue weighted by Crippen LogP contribution is -2.32. The molecule has 1 aromatic rings. The fourth-order valence-electron chi connectivity index (χ4n) is 2.40. The first-order valence-corrected chi connectivity index (χ1v) is 8.38. The van der Waals surface area contributed by atoms with Crippen molar-refractivity contribution in [2.75, 3.05) is 26.7 Å². The normalized spacial score (nSPS) is 18.0. The van der Waals surface area contributed by atoms with Gasteiger partial charge in [0.15, 0.2) is 0 Å². The minimum Gasteiger partial charge on any atom is -0.475 e. The first kappa shape index (κ1) is 16.0. The van der Waals surface area contributed by atoms with Crippen molar-refractivity contribution in [2.45, 2.75) is 24.4 Å². The van der Waals surface area contributed by atoms with Crippen molar-refractivity contribution in [3.63, 3.8) is 0 Å². The van der Waals surface area contributed by atoms with Crippen LogP contribution in [0.3, 0.4) is 0 Å². The number of carbonyl (C=O) groups is 1. The Morgan fingerprint density at radius 1 is 1.43 bits per heavy atom. The Morgan fingerprint density at radius 3 is 2.67 bits per heavy atom. The third kappa shape index (κ3) is 4.29. The van der Waals surface area contributed by atoms with E-state index in [4.69, 9.17) is 9.52 Å². The number of piperidine rings is 1. The highest BCUT2D eigenvalue weighted by atomic mass is 32.2. The topological polar surface area (TPSA) is 99.9 Å². The molecule has 0 amide bonds. The monoisotopic (exact) mass is 316 g/mol. The average molecular weight is 316 g/mol. The summed E-state index contributed by atoms with van der Waals surface area (Å²) >= 11 is 0. The van der Waals surface area contributed by atoms with Gasteiger partial charge in [-0.2, -0.15) is 0 Å². The number of hydrogen-bond donors (Lipinski definition) is 2. The fraction of sp³-hybridized carbons (Fsp3) is 0.615. The first-order chi connectivity index (χ1) is 9.88. The van der Waals surface area contributed by atoms with E-state index in [0.717, 1.165) is 44.5 Å². The molecular weight excluding hydrogens is 296 g/mol. The van der Waals surface area contributed by atoms with Crippen LogP contribution in [0.5, 0.6) is 0 Å². The quantitative estimate of drug-likeness (QED) is 0.812. The van der Waals surface area contributed by atoms with E-state index in [0.29, 0.717) is 12.5 Å². The zero-order chi connectivity index (χ0) is 15.5. The maximum Gasteiger partial charge on any atom is 0.371 e. The summed E-state index contributed by atoms with van der Waals surface area (Å²) in [4.78, 5) is 12.9. The van der Waals surface area contributed by atoms with Gasteiger partial charge in [0.1, 0.15) is 0 Å². The number of carboxylic acid groups (broad SMARTS) is 1. The van der Waals surface area contributed by atoms with Gasteiger partial charge < -0.3 is 14.4 Å². The van der Waals surface area contributed by atoms with E-state index >= 15 is 0 Å². The van der Waals surface area contributed by atoms with Gasteiger partial charge in [-0.3, -0.25) is 0 Å². The summed E-state index contributed by atoms with van der Waals surface area (Å²) in [6, 6.07) is 2.29. The molecule has 1 aromatic heterocycles. The van der Waals surface area contributed by atoms with Crippen LogP contribution in [0.4, 0.5) is 0 Å². The second kappa shape index (κ2) is 6.59. The molecule has 0 atom stereocenters. The van der Waals surface area contributed by atoms with Crippen LogP contribution in [0, 0.1) is 5.92 Å². The standard InChI is InChI=1S/C13H20N2O5S/c1-15-8-5-10(6-9-15)4-7-14-21(18,19)12-3-2-11(20-12)13(16)17/h2-3,10,14H,4-9H2,1H3,(H,16,17). The molecule has 7 nitrogen and oxygen atoms in total. The van der Waals surface area contributed by atoms with Gasteiger partial charge in [0, 0.05) is 6.54 Å². The largest absolute Gasteiger partial charge is 0.475 e. The molecule has 2 heterocycles. The molecule has 2 rings (SSSR count). The summed E-state index contributed by atoms with van der Waals surface area (Å²) in [7, 11) is -1.70. The Kier molecular flexibility index (Phi) is 5.02. The molecule has 2 N–H and O–H groups in total. The van der Waals surface area contributed by atoms with Gasteiger partial charge >= 0.3 is 5.97 Å². The Bertz CT molecular complexity index is 587. The van der Waals surface area contributed by atoms with E-state index in [1.54, 1.807) is 0 Å². The second-order valence-electron chi connectivity index (χ2n) is 5.36. The van der Waals surface area contributed by atoms with E-state index in [1.165, 1.54) is 0 Å². The predicted octanol–water partition coefficient (Wildman–Crippen LogP) is 0.988. The van der Waals surface area contributed by atoms with Crippen LogP contribution >= 0.6 is 0 Å². The molecule has 118 valence electrons. The lowest BCUT2D eigenvalue weighted by atomic mass is 9.94. The Labute approximate surface area is 124 Å². The van der Waals surface area contributed by atoms with Crippen LogP contribution in [0.2, 0.25) is 0 Å². The summed E-state index contributed by atoms with van der Waals surface area (Å²) in [6.45, 7) is 2.41. The van der Waals surface area contributed by atoms with Gasteiger partial charge in [0.2, 0.25) is 10.9 Å². The van der Waals surface area contributed by atoms with E-state index in [2.05, 4.69) is 16.7 Å². The summed E-state index contributed by atoms with van der Waals surface area (Å²) in [5.41, 5.74) is 0. The van der Waals surface area contributed by atoms with E-state index in [1.807, 2.05) is 0 Å². The highest BCUT2D eigenvalue weighted by Gasteiger charge is 2.22. The molecule has 0 saturated carbocycles. The van der Waals surface area contributed by atoms with Crippen LogP contribution in [-0.2, 0) is 10.0 Å². The van der Waals surface area contributed by atoms with Crippen LogP contribution in [0.15, 0.2) is 21.6 Å². The molecule has 0 unspecified atom stereocenters. The first-order valence-electron chi connectivity index (χ1n) is 6.90. The summed E-state index contributed by atoms with van der Waals surface area (Å²) < 4.78 is 31.2. The molecule has 1 saturated heterocycles. The van der Waals surface area contributed by atoms with Crippen molar-refractivity contribution >= 4 is 16.0 Å². The molecule has 1 aliphatic rings. The van der Waals surface area contributed by atoms with Crippen molar-refractivity contribution in [3.8, 4) is 0 Å². The SMILES string of the molecule is CN1CCC(CCNS(=O)(=O)c2ccc(C(=O)O)o2)CC1. The number of furan rings is 1. The Hall–Kier alpha value is -1.38. The second-order valence-corrected chi connectivity index (χ2v) is 7.05. The molecule has 0 radical (unpaired) electrons. The zero-order valence-electron chi connectivity index (χ0n) is 11.9. The van der Waals surface area contributed by atoms with Gasteiger partial charge in [-0.15, -0.1) is 0 Å². The third-order valence-corrected chi connectivity index (χ3v) is 5.07. The minimum atomic E-state index is -3.77. The lowest BCUT2D eigenvalue weighted by molar-refractivity contribution is 0.0656. The highest BCUT2D eigenvalue weighted by molar-refractivity contribution is 7.89. The van der Waals surface area contributed by atoms with Gasteiger partial charge in [0.05, 0.1) is 0 Å². The lowest BCUT2D eigenvalue weighted by Gasteiger charge is -2.28. The number of aromatic carboxylic acids is 1. The molecule has 0 aromatic carbocycles. The zero-order valence-corrected chi connectivity index (χ0v) is 12.7. The number of rotatable bonds is 6. The third-order valence-electron chi connectivity index (χ3n) is 3.74. The number of sulfonamides is 1. The smallest absolute Gasteiger partial charge is 0.371 e. The molecule has 8 heteroatoms. The number of hydrogen-bond acceptors (Lipinski definition) is 5.